The lowest BCUT2D eigenvalue weighted by Crippen LogP contribution is -2.43. The Morgan fingerprint density at radius 1 is 1.08 bits per heavy atom. The monoisotopic (exact) mass is 530 g/mol. The van der Waals surface area contributed by atoms with Crippen molar-refractivity contribution in [1.82, 2.24) is 25.1 Å². The van der Waals surface area contributed by atoms with E-state index in [9.17, 15) is 4.79 Å². The van der Waals surface area contributed by atoms with E-state index in [4.69, 9.17) is 11.6 Å². The van der Waals surface area contributed by atoms with Crippen molar-refractivity contribution >= 4 is 34.2 Å². The highest BCUT2D eigenvalue weighted by Crippen LogP contribution is 2.43. The Bertz CT molecular complexity index is 1420. The van der Waals surface area contributed by atoms with E-state index in [0.717, 1.165) is 72.6 Å². The van der Waals surface area contributed by atoms with Crippen molar-refractivity contribution in [3.63, 3.8) is 0 Å². The standard InChI is InChI=1S/C30H35ClN6O/c1-35(2)17-5-13-34-30(38)23-7-4-6-22(20-23)26-27-25(31)12-14-33-29(27)36(3)28(26)21-8-10-24(11-9-21)37-18-15-32-16-19-37/h4,6-12,14,20,32H,5,13,15-19H2,1-3H3,(H,34,38). The van der Waals surface area contributed by atoms with Gasteiger partial charge in [0.1, 0.15) is 5.65 Å². The van der Waals surface area contributed by atoms with E-state index < -0.39 is 0 Å². The minimum Gasteiger partial charge on any atom is -0.369 e. The quantitative estimate of drug-likeness (QED) is 0.325. The lowest BCUT2D eigenvalue weighted by atomic mass is 9.97. The largest absolute Gasteiger partial charge is 0.369 e. The summed E-state index contributed by atoms with van der Waals surface area (Å²) in [4.78, 5) is 22.2. The van der Waals surface area contributed by atoms with Gasteiger partial charge in [-0.2, -0.15) is 0 Å². The van der Waals surface area contributed by atoms with Crippen molar-refractivity contribution in [2.45, 2.75) is 6.42 Å². The summed E-state index contributed by atoms with van der Waals surface area (Å²) in [6.45, 7) is 5.57. The van der Waals surface area contributed by atoms with Crippen LogP contribution in [-0.4, -0.2) is 73.7 Å². The molecule has 7 nitrogen and oxygen atoms in total. The average molecular weight is 531 g/mol. The van der Waals surface area contributed by atoms with Crippen molar-refractivity contribution in [3.8, 4) is 22.4 Å². The number of hydrogen-bond donors (Lipinski definition) is 2. The van der Waals surface area contributed by atoms with Crippen molar-refractivity contribution < 1.29 is 4.79 Å². The molecule has 1 aliphatic heterocycles. The fourth-order valence-electron chi connectivity index (χ4n) is 5.19. The van der Waals surface area contributed by atoms with E-state index in [-0.39, 0.29) is 5.91 Å². The summed E-state index contributed by atoms with van der Waals surface area (Å²) in [6.07, 6.45) is 2.64. The van der Waals surface area contributed by atoms with Crippen LogP contribution in [0.3, 0.4) is 0 Å². The summed E-state index contributed by atoms with van der Waals surface area (Å²) < 4.78 is 2.10. The number of pyridine rings is 1. The molecule has 0 bridgehead atoms. The number of nitrogens with one attached hydrogen (secondary N) is 2. The van der Waals surface area contributed by atoms with Crippen molar-refractivity contribution in [2.24, 2.45) is 7.05 Å². The van der Waals surface area contributed by atoms with Crippen LogP contribution in [0.5, 0.6) is 0 Å². The van der Waals surface area contributed by atoms with E-state index in [1.807, 2.05) is 51.5 Å². The molecular formula is C30H35ClN6O. The maximum atomic E-state index is 13.0. The molecule has 8 heteroatoms. The van der Waals surface area contributed by atoms with E-state index in [2.05, 4.69) is 54.2 Å². The minimum absolute atomic E-state index is 0.0722. The van der Waals surface area contributed by atoms with E-state index >= 15 is 0 Å². The highest BCUT2D eigenvalue weighted by atomic mass is 35.5. The van der Waals surface area contributed by atoms with Gasteiger partial charge in [-0.3, -0.25) is 4.79 Å². The molecule has 0 radical (unpaired) electrons. The Morgan fingerprint density at radius 2 is 1.84 bits per heavy atom. The third kappa shape index (κ3) is 5.41. The number of hydrogen-bond acceptors (Lipinski definition) is 5. The van der Waals surface area contributed by atoms with Crippen LogP contribution in [-0.2, 0) is 7.05 Å². The van der Waals surface area contributed by atoms with Gasteiger partial charge >= 0.3 is 0 Å². The van der Waals surface area contributed by atoms with Crippen molar-refractivity contribution in [3.05, 3.63) is 71.4 Å². The summed E-state index contributed by atoms with van der Waals surface area (Å²) >= 11 is 6.77. The van der Waals surface area contributed by atoms with Crippen LogP contribution in [0.15, 0.2) is 60.8 Å². The predicted octanol–water partition coefficient (Wildman–Crippen LogP) is 4.65. The molecule has 38 heavy (non-hydrogen) atoms. The number of carbonyl (C=O) groups excluding carboxylic acids is 1. The molecule has 0 spiro atoms. The first kappa shape index (κ1) is 26.2. The number of benzene rings is 2. The first-order chi connectivity index (χ1) is 18.4. The maximum Gasteiger partial charge on any atom is 0.251 e. The second-order valence-electron chi connectivity index (χ2n) is 10.1. The van der Waals surface area contributed by atoms with Gasteiger partial charge in [0.05, 0.1) is 10.7 Å². The van der Waals surface area contributed by atoms with Gasteiger partial charge in [0.15, 0.2) is 0 Å². The lowest BCUT2D eigenvalue weighted by molar-refractivity contribution is 0.0952. The first-order valence-corrected chi connectivity index (χ1v) is 13.5. The van der Waals surface area contributed by atoms with Crippen molar-refractivity contribution in [1.29, 1.82) is 0 Å². The summed E-state index contributed by atoms with van der Waals surface area (Å²) in [5.41, 5.74) is 6.69. The lowest BCUT2D eigenvalue weighted by Gasteiger charge is -2.29. The molecule has 198 valence electrons. The molecular weight excluding hydrogens is 496 g/mol. The summed E-state index contributed by atoms with van der Waals surface area (Å²) in [6, 6.07) is 18.3. The van der Waals surface area contributed by atoms with Crippen LogP contribution in [0.4, 0.5) is 5.69 Å². The second-order valence-corrected chi connectivity index (χ2v) is 10.5. The summed E-state index contributed by atoms with van der Waals surface area (Å²) in [7, 11) is 6.09. The summed E-state index contributed by atoms with van der Waals surface area (Å²) in [5, 5.41) is 7.99. The highest BCUT2D eigenvalue weighted by molar-refractivity contribution is 6.37. The molecule has 1 fully saturated rings. The molecule has 5 rings (SSSR count). The van der Waals surface area contributed by atoms with Crippen LogP contribution in [0.25, 0.3) is 33.4 Å². The average Bonchev–Trinajstić information content (AvgIpc) is 3.25. The van der Waals surface area contributed by atoms with E-state index in [1.54, 1.807) is 6.20 Å². The van der Waals surface area contributed by atoms with Gasteiger partial charge in [-0.15, -0.1) is 0 Å². The fourth-order valence-corrected chi connectivity index (χ4v) is 5.43. The molecule has 2 N–H and O–H groups in total. The zero-order valence-electron chi connectivity index (χ0n) is 22.3. The molecule has 1 amide bonds. The number of aromatic nitrogens is 2. The van der Waals surface area contributed by atoms with Crippen molar-refractivity contribution in [2.75, 3.05) is 58.3 Å². The fraction of sp³-hybridized carbons (Fsp3) is 0.333. The number of piperazine rings is 1. The number of amides is 1. The topological polar surface area (TPSA) is 65.4 Å². The molecule has 2 aromatic carbocycles. The predicted molar refractivity (Wildman–Crippen MR) is 157 cm³/mol. The molecule has 0 saturated carbocycles. The SMILES string of the molecule is CN(C)CCCNC(=O)c1cccc(-c2c(-c3ccc(N4CCNCC4)cc3)n(C)c3nccc(Cl)c23)c1. The van der Waals surface area contributed by atoms with Gasteiger partial charge in [0.2, 0.25) is 0 Å². The second kappa shape index (κ2) is 11.6. The number of halogens is 1. The number of fused-ring (bicyclic) bond motifs is 1. The molecule has 0 aliphatic carbocycles. The van der Waals surface area contributed by atoms with Crippen LogP contribution < -0.4 is 15.5 Å². The Kier molecular flexibility index (Phi) is 7.98. The van der Waals surface area contributed by atoms with Crippen LogP contribution in [0.1, 0.15) is 16.8 Å². The molecule has 4 aromatic rings. The van der Waals surface area contributed by atoms with Gasteiger partial charge in [0, 0.05) is 68.2 Å². The molecule has 3 heterocycles. The molecule has 0 atom stereocenters. The number of rotatable bonds is 8. The number of aryl methyl sites for hydroxylation is 1. The van der Waals surface area contributed by atoms with Gasteiger partial charge in [-0.05, 0) is 68.5 Å². The normalized spacial score (nSPS) is 13.9. The summed E-state index contributed by atoms with van der Waals surface area (Å²) in [5.74, 6) is -0.0722. The van der Waals surface area contributed by atoms with Crippen LogP contribution >= 0.6 is 11.6 Å². The Balaban J connectivity index is 1.54. The first-order valence-electron chi connectivity index (χ1n) is 13.2. The maximum absolute atomic E-state index is 13.0. The molecule has 1 aliphatic rings. The Morgan fingerprint density at radius 3 is 2.58 bits per heavy atom. The van der Waals surface area contributed by atoms with Gasteiger partial charge in [-0.25, -0.2) is 4.98 Å². The number of carbonyl (C=O) groups is 1. The zero-order chi connectivity index (χ0) is 26.6. The van der Waals surface area contributed by atoms with Gasteiger partial charge < -0.3 is 25.0 Å². The Hall–Kier alpha value is -3.39. The van der Waals surface area contributed by atoms with E-state index in [0.29, 0.717) is 17.1 Å². The zero-order valence-corrected chi connectivity index (χ0v) is 23.1. The highest BCUT2D eigenvalue weighted by Gasteiger charge is 2.22. The molecule has 0 unspecified atom stereocenters. The van der Waals surface area contributed by atoms with Crippen LogP contribution in [0.2, 0.25) is 5.02 Å². The smallest absolute Gasteiger partial charge is 0.251 e. The van der Waals surface area contributed by atoms with E-state index in [1.165, 1.54) is 5.69 Å². The van der Waals surface area contributed by atoms with Gasteiger partial charge in [0.25, 0.3) is 5.91 Å². The molecule has 2 aromatic heterocycles. The number of anilines is 1. The third-order valence-corrected chi connectivity index (χ3v) is 7.44. The minimum atomic E-state index is -0.0722. The molecule has 1 saturated heterocycles. The van der Waals surface area contributed by atoms with Gasteiger partial charge in [-0.1, -0.05) is 35.9 Å². The Labute approximate surface area is 229 Å². The third-order valence-electron chi connectivity index (χ3n) is 7.12. The van der Waals surface area contributed by atoms with Crippen LogP contribution in [0, 0.1) is 0 Å². The number of nitrogens with zero attached hydrogens (tertiary/aromatic N) is 4.